The van der Waals surface area contributed by atoms with Gasteiger partial charge in [-0.1, -0.05) is 6.07 Å². The van der Waals surface area contributed by atoms with Crippen LogP contribution in [0.1, 0.15) is 49.9 Å². The number of benzene rings is 1. The number of carbonyl (C=O) groups excluding carboxylic acids is 2. The van der Waals surface area contributed by atoms with Gasteiger partial charge in [0.15, 0.2) is 0 Å². The summed E-state index contributed by atoms with van der Waals surface area (Å²) in [6.07, 6.45) is -0.529. The second kappa shape index (κ2) is 6.28. The maximum Gasteiger partial charge on any atom is 0.408 e. The van der Waals surface area contributed by atoms with Crippen LogP contribution in [0.5, 0.6) is 0 Å². The molecule has 2 rings (SSSR count). The highest BCUT2D eigenvalue weighted by Gasteiger charge is 2.21. The number of nitrogens with zero attached hydrogens (tertiary/aromatic N) is 1. The molecule has 2 aromatic rings. The third-order valence-corrected chi connectivity index (χ3v) is 3.09. The molecule has 0 fully saturated rings. The number of aromatic nitrogens is 2. The van der Waals surface area contributed by atoms with Gasteiger partial charge in [-0.25, -0.2) is 14.6 Å². The van der Waals surface area contributed by atoms with Gasteiger partial charge in [-0.3, -0.25) is 0 Å². The second-order valence-corrected chi connectivity index (χ2v) is 6.18. The van der Waals surface area contributed by atoms with Gasteiger partial charge in [0.05, 0.1) is 29.7 Å². The Bertz CT molecular complexity index is 730. The molecule has 0 aliphatic carbocycles. The third kappa shape index (κ3) is 4.00. The van der Waals surface area contributed by atoms with Crippen molar-refractivity contribution in [3.63, 3.8) is 0 Å². The summed E-state index contributed by atoms with van der Waals surface area (Å²) in [6.45, 7) is 7.16. The third-order valence-electron chi connectivity index (χ3n) is 3.09. The number of H-pyrrole nitrogens is 1. The van der Waals surface area contributed by atoms with E-state index in [4.69, 9.17) is 9.47 Å². The summed E-state index contributed by atoms with van der Waals surface area (Å²) in [5.74, 6) is 0.0840. The molecule has 1 atom stereocenters. The smallest absolute Gasteiger partial charge is 0.408 e. The Kier molecular flexibility index (Phi) is 4.58. The Hall–Kier alpha value is -2.57. The van der Waals surface area contributed by atoms with Crippen molar-refractivity contribution >= 4 is 23.1 Å². The average Bonchev–Trinajstić information content (AvgIpc) is 2.88. The van der Waals surface area contributed by atoms with Crippen molar-refractivity contribution in [2.45, 2.75) is 39.3 Å². The molecule has 0 bridgehead atoms. The first-order chi connectivity index (χ1) is 10.7. The topological polar surface area (TPSA) is 93.3 Å². The zero-order valence-electron chi connectivity index (χ0n) is 13.9. The molecule has 1 amide bonds. The van der Waals surface area contributed by atoms with E-state index in [9.17, 15) is 9.59 Å². The number of hydrogen-bond acceptors (Lipinski definition) is 5. The molecule has 0 unspecified atom stereocenters. The highest BCUT2D eigenvalue weighted by atomic mass is 16.6. The molecule has 1 heterocycles. The molecule has 0 radical (unpaired) electrons. The molecule has 0 spiro atoms. The molecule has 23 heavy (non-hydrogen) atoms. The largest absolute Gasteiger partial charge is 0.465 e. The Labute approximate surface area is 134 Å². The number of amides is 1. The van der Waals surface area contributed by atoms with Crippen LogP contribution < -0.4 is 5.32 Å². The minimum atomic E-state index is -0.574. The Morgan fingerprint density at radius 3 is 2.61 bits per heavy atom. The van der Waals surface area contributed by atoms with E-state index >= 15 is 0 Å². The fraction of sp³-hybridized carbons (Fsp3) is 0.438. The van der Waals surface area contributed by atoms with Crippen LogP contribution in [0.25, 0.3) is 11.0 Å². The van der Waals surface area contributed by atoms with Crippen molar-refractivity contribution < 1.29 is 19.1 Å². The summed E-state index contributed by atoms with van der Waals surface area (Å²) < 4.78 is 9.97. The fourth-order valence-corrected chi connectivity index (χ4v) is 2.09. The van der Waals surface area contributed by atoms with Crippen LogP contribution in [0.4, 0.5) is 4.79 Å². The van der Waals surface area contributed by atoms with Crippen LogP contribution in [-0.4, -0.2) is 34.7 Å². The van der Waals surface area contributed by atoms with Crippen molar-refractivity contribution in [2.75, 3.05) is 7.11 Å². The fourth-order valence-electron chi connectivity index (χ4n) is 2.09. The van der Waals surface area contributed by atoms with Crippen molar-refractivity contribution in [1.82, 2.24) is 15.3 Å². The summed E-state index contributed by atoms with van der Waals surface area (Å²) in [7, 11) is 1.32. The van der Waals surface area contributed by atoms with E-state index in [0.717, 1.165) is 0 Å². The first kappa shape index (κ1) is 16.8. The number of ether oxygens (including phenoxy) is 2. The normalized spacial score (nSPS) is 12.7. The quantitative estimate of drug-likeness (QED) is 0.848. The molecule has 7 nitrogen and oxygen atoms in total. The van der Waals surface area contributed by atoms with E-state index in [1.807, 2.05) is 0 Å². The van der Waals surface area contributed by atoms with E-state index in [-0.39, 0.29) is 0 Å². The molecule has 0 aliphatic rings. The van der Waals surface area contributed by atoms with Crippen molar-refractivity contribution in [2.24, 2.45) is 0 Å². The highest BCUT2D eigenvalue weighted by molar-refractivity contribution is 6.01. The van der Waals surface area contributed by atoms with Gasteiger partial charge in [0.2, 0.25) is 0 Å². The average molecular weight is 319 g/mol. The van der Waals surface area contributed by atoms with Gasteiger partial charge in [0.1, 0.15) is 11.4 Å². The molecular weight excluding hydrogens is 298 g/mol. The standard InChI is InChI=1S/C16H21N3O4/c1-9(17-15(21)23-16(2,3)4)13-18-11-8-6-7-10(12(11)19-13)14(20)22-5/h6-9H,1-5H3,(H,17,21)(H,18,19)/t9-/m0/s1. The minimum Gasteiger partial charge on any atom is -0.465 e. The molecule has 1 aromatic carbocycles. The van der Waals surface area contributed by atoms with Gasteiger partial charge >= 0.3 is 12.1 Å². The number of fused-ring (bicyclic) bond motifs is 1. The van der Waals surface area contributed by atoms with Gasteiger partial charge in [-0.15, -0.1) is 0 Å². The highest BCUT2D eigenvalue weighted by Crippen LogP contribution is 2.20. The van der Waals surface area contributed by atoms with E-state index in [2.05, 4.69) is 15.3 Å². The van der Waals surface area contributed by atoms with E-state index < -0.39 is 23.7 Å². The number of para-hydroxylation sites is 1. The Morgan fingerprint density at radius 1 is 1.30 bits per heavy atom. The van der Waals surface area contributed by atoms with Gasteiger partial charge in [0.25, 0.3) is 0 Å². The van der Waals surface area contributed by atoms with E-state index in [0.29, 0.717) is 22.4 Å². The Morgan fingerprint density at radius 2 is 2.00 bits per heavy atom. The molecule has 0 saturated carbocycles. The minimum absolute atomic E-state index is 0.396. The second-order valence-electron chi connectivity index (χ2n) is 6.18. The van der Waals surface area contributed by atoms with Gasteiger partial charge in [-0.2, -0.15) is 0 Å². The lowest BCUT2D eigenvalue weighted by Crippen LogP contribution is -2.34. The van der Waals surface area contributed by atoms with Crippen LogP contribution in [0, 0.1) is 0 Å². The number of imidazole rings is 1. The lowest BCUT2D eigenvalue weighted by Gasteiger charge is -2.21. The number of esters is 1. The van der Waals surface area contributed by atoms with E-state index in [1.54, 1.807) is 45.9 Å². The van der Waals surface area contributed by atoms with E-state index in [1.165, 1.54) is 7.11 Å². The van der Waals surface area contributed by atoms with Crippen LogP contribution in [0.3, 0.4) is 0 Å². The summed E-state index contributed by atoms with van der Waals surface area (Å²) in [6, 6.07) is 4.76. The van der Waals surface area contributed by atoms with Gasteiger partial charge < -0.3 is 19.8 Å². The van der Waals surface area contributed by atoms with Crippen molar-refractivity contribution in [1.29, 1.82) is 0 Å². The number of hydrogen-bond donors (Lipinski definition) is 2. The Balaban J connectivity index is 2.23. The van der Waals surface area contributed by atoms with Crippen LogP contribution in [-0.2, 0) is 9.47 Å². The number of carbonyl (C=O) groups is 2. The van der Waals surface area contributed by atoms with Crippen LogP contribution in [0.2, 0.25) is 0 Å². The van der Waals surface area contributed by atoms with Gasteiger partial charge in [-0.05, 0) is 39.8 Å². The molecule has 0 aliphatic heterocycles. The maximum atomic E-state index is 11.8. The molecule has 2 N–H and O–H groups in total. The number of methoxy groups -OCH3 is 1. The predicted octanol–water partition coefficient (Wildman–Crippen LogP) is 2.94. The molecule has 1 aromatic heterocycles. The SMILES string of the molecule is COC(=O)c1cccc2nc([C@H](C)NC(=O)OC(C)(C)C)[nH]c12. The predicted molar refractivity (Wildman–Crippen MR) is 85.2 cm³/mol. The summed E-state index contributed by atoms with van der Waals surface area (Å²) in [5, 5.41) is 2.71. The first-order valence-corrected chi connectivity index (χ1v) is 7.27. The number of alkyl carbamates (subject to hydrolysis) is 1. The number of nitrogens with one attached hydrogen (secondary N) is 2. The van der Waals surface area contributed by atoms with Crippen LogP contribution >= 0.6 is 0 Å². The maximum absolute atomic E-state index is 11.8. The molecule has 0 saturated heterocycles. The summed E-state index contributed by atoms with van der Waals surface area (Å²) in [4.78, 5) is 31.1. The monoisotopic (exact) mass is 319 g/mol. The molecule has 7 heteroatoms. The zero-order valence-corrected chi connectivity index (χ0v) is 13.9. The first-order valence-electron chi connectivity index (χ1n) is 7.27. The summed E-state index contributed by atoms with van der Waals surface area (Å²) in [5.41, 5.74) is 1.02. The zero-order chi connectivity index (χ0) is 17.2. The lowest BCUT2D eigenvalue weighted by molar-refractivity contribution is 0.0504. The lowest BCUT2D eigenvalue weighted by atomic mass is 10.2. The molecular formula is C16H21N3O4. The number of rotatable bonds is 3. The van der Waals surface area contributed by atoms with Crippen LogP contribution in [0.15, 0.2) is 18.2 Å². The molecule has 124 valence electrons. The van der Waals surface area contributed by atoms with Gasteiger partial charge in [0, 0.05) is 0 Å². The summed E-state index contributed by atoms with van der Waals surface area (Å²) >= 11 is 0. The van der Waals surface area contributed by atoms with Crippen molar-refractivity contribution in [3.05, 3.63) is 29.6 Å². The van der Waals surface area contributed by atoms with Crippen molar-refractivity contribution in [3.8, 4) is 0 Å². The number of aromatic amines is 1.